The molecule has 21 heavy (non-hydrogen) atoms. The Kier molecular flexibility index (Phi) is 5.04. The van der Waals surface area contributed by atoms with E-state index in [4.69, 9.17) is 19.7 Å². The molecule has 1 aromatic carbocycles. The Bertz CT molecular complexity index is 590. The maximum atomic E-state index is 11.9. The van der Waals surface area contributed by atoms with E-state index < -0.39 is 13.0 Å². The van der Waals surface area contributed by atoms with Crippen molar-refractivity contribution < 1.29 is 22.8 Å². The number of nitrogens with two attached hydrogens (primary N) is 1. The Morgan fingerprint density at radius 1 is 1.38 bits per heavy atom. The van der Waals surface area contributed by atoms with Crippen LogP contribution in [0, 0.1) is 0 Å². The Morgan fingerprint density at radius 3 is 2.90 bits per heavy atom. The third kappa shape index (κ3) is 4.12. The molecule has 0 aliphatic heterocycles. The number of nitrogen functional groups attached to an aromatic ring is 1. The van der Waals surface area contributed by atoms with Gasteiger partial charge in [-0.25, -0.2) is 8.78 Å². The van der Waals surface area contributed by atoms with Crippen LogP contribution in [0.3, 0.4) is 0 Å². The van der Waals surface area contributed by atoms with E-state index in [2.05, 4.69) is 10.1 Å². The van der Waals surface area contributed by atoms with Crippen LogP contribution in [0.1, 0.15) is 5.82 Å². The molecule has 6 nitrogen and oxygen atoms in total. The first kappa shape index (κ1) is 15.2. The quantitative estimate of drug-likeness (QED) is 0.623. The van der Waals surface area contributed by atoms with E-state index in [9.17, 15) is 8.78 Å². The van der Waals surface area contributed by atoms with Crippen LogP contribution in [0.15, 0.2) is 22.7 Å². The molecule has 0 aliphatic carbocycles. The van der Waals surface area contributed by atoms with Crippen molar-refractivity contribution in [2.75, 3.05) is 26.1 Å². The second-order valence-electron chi connectivity index (χ2n) is 4.19. The summed E-state index contributed by atoms with van der Waals surface area (Å²) in [6, 6.07) is 5.04. The van der Waals surface area contributed by atoms with Gasteiger partial charge in [-0.1, -0.05) is 5.16 Å². The monoisotopic (exact) mass is 299 g/mol. The summed E-state index contributed by atoms with van der Waals surface area (Å²) >= 11 is 0. The Morgan fingerprint density at radius 2 is 2.19 bits per heavy atom. The normalized spacial score (nSPS) is 11.0. The maximum absolute atomic E-state index is 11.9. The number of aromatic nitrogens is 2. The van der Waals surface area contributed by atoms with Crippen LogP contribution in [-0.4, -0.2) is 36.9 Å². The number of rotatable bonds is 7. The predicted molar refractivity (Wildman–Crippen MR) is 71.2 cm³/mol. The second kappa shape index (κ2) is 6.98. The van der Waals surface area contributed by atoms with Crippen molar-refractivity contribution in [1.29, 1.82) is 0 Å². The molecule has 114 valence electrons. The van der Waals surface area contributed by atoms with Crippen molar-refractivity contribution in [3.8, 4) is 17.2 Å². The standard InChI is InChI=1S/C13H15F2N3O3/c1-19-10-6-8(16)2-3-9(10)13-17-12(18-21-13)4-5-20-7-11(14)15/h2-3,6,11H,4-5,7,16H2,1H3. The van der Waals surface area contributed by atoms with Gasteiger partial charge in [-0.15, -0.1) is 0 Å². The lowest BCUT2D eigenvalue weighted by Crippen LogP contribution is -2.07. The summed E-state index contributed by atoms with van der Waals surface area (Å²) in [6.45, 7) is -0.501. The van der Waals surface area contributed by atoms with Crippen molar-refractivity contribution in [1.82, 2.24) is 10.1 Å². The summed E-state index contributed by atoms with van der Waals surface area (Å²) in [5.74, 6) is 1.16. The zero-order valence-corrected chi connectivity index (χ0v) is 11.4. The summed E-state index contributed by atoms with van der Waals surface area (Å²) in [6.07, 6.45) is -2.20. The third-order valence-corrected chi connectivity index (χ3v) is 2.64. The van der Waals surface area contributed by atoms with Crippen LogP contribution in [-0.2, 0) is 11.2 Å². The van der Waals surface area contributed by atoms with E-state index >= 15 is 0 Å². The second-order valence-corrected chi connectivity index (χ2v) is 4.19. The molecule has 0 fully saturated rings. The maximum Gasteiger partial charge on any atom is 0.261 e. The first-order valence-corrected chi connectivity index (χ1v) is 6.22. The Balaban J connectivity index is 2.02. The highest BCUT2D eigenvalue weighted by atomic mass is 19.3. The fourth-order valence-electron chi connectivity index (χ4n) is 1.69. The van der Waals surface area contributed by atoms with Gasteiger partial charge in [0.15, 0.2) is 5.82 Å². The zero-order chi connectivity index (χ0) is 15.2. The van der Waals surface area contributed by atoms with Gasteiger partial charge in [-0.05, 0) is 12.1 Å². The van der Waals surface area contributed by atoms with Crippen molar-refractivity contribution >= 4 is 5.69 Å². The molecular weight excluding hydrogens is 284 g/mol. The summed E-state index contributed by atoms with van der Waals surface area (Å²) in [5, 5.41) is 3.77. The van der Waals surface area contributed by atoms with Gasteiger partial charge in [0.1, 0.15) is 12.4 Å². The number of nitrogens with zero attached hydrogens (tertiary/aromatic N) is 2. The smallest absolute Gasteiger partial charge is 0.261 e. The highest BCUT2D eigenvalue weighted by Crippen LogP contribution is 2.30. The molecule has 0 amide bonds. The van der Waals surface area contributed by atoms with Gasteiger partial charge < -0.3 is 19.7 Å². The number of halogens is 2. The molecule has 0 radical (unpaired) electrons. The minimum Gasteiger partial charge on any atom is -0.496 e. The van der Waals surface area contributed by atoms with Crippen LogP contribution < -0.4 is 10.5 Å². The van der Waals surface area contributed by atoms with E-state index in [-0.39, 0.29) is 18.9 Å². The number of alkyl halides is 2. The molecule has 0 atom stereocenters. The van der Waals surface area contributed by atoms with Crippen LogP contribution in [0.2, 0.25) is 0 Å². The van der Waals surface area contributed by atoms with Gasteiger partial charge in [-0.3, -0.25) is 0 Å². The molecule has 0 unspecified atom stereocenters. The SMILES string of the molecule is COc1cc(N)ccc1-c1nc(CCOCC(F)F)no1. The first-order valence-electron chi connectivity index (χ1n) is 6.22. The number of methoxy groups -OCH3 is 1. The molecule has 2 rings (SSSR count). The predicted octanol–water partition coefficient (Wildman–Crippen LogP) is 2.15. The molecule has 8 heteroatoms. The average Bonchev–Trinajstić information content (AvgIpc) is 2.92. The van der Waals surface area contributed by atoms with E-state index in [0.717, 1.165) is 0 Å². The molecule has 0 aliphatic rings. The lowest BCUT2D eigenvalue weighted by atomic mass is 10.2. The molecule has 0 spiro atoms. The molecule has 2 aromatic rings. The average molecular weight is 299 g/mol. The van der Waals surface area contributed by atoms with Gasteiger partial charge in [0.05, 0.1) is 19.3 Å². The molecule has 1 heterocycles. The number of hydrogen-bond donors (Lipinski definition) is 1. The minimum absolute atomic E-state index is 0.0994. The summed E-state index contributed by atoms with van der Waals surface area (Å²) in [7, 11) is 1.51. The number of ether oxygens (including phenoxy) is 2. The molecule has 2 N–H and O–H groups in total. The highest BCUT2D eigenvalue weighted by molar-refractivity contribution is 5.66. The van der Waals surface area contributed by atoms with E-state index in [1.165, 1.54) is 7.11 Å². The summed E-state index contributed by atoms with van der Waals surface area (Å²) in [5.41, 5.74) is 6.83. The molecule has 0 bridgehead atoms. The van der Waals surface area contributed by atoms with Gasteiger partial charge >= 0.3 is 0 Å². The molecular formula is C13H15F2N3O3. The molecule has 1 aromatic heterocycles. The van der Waals surface area contributed by atoms with Crippen LogP contribution >= 0.6 is 0 Å². The summed E-state index contributed by atoms with van der Waals surface area (Å²) < 4.78 is 38.9. The fraction of sp³-hybridized carbons (Fsp3) is 0.385. The number of anilines is 1. The van der Waals surface area contributed by atoms with Crippen molar-refractivity contribution in [2.24, 2.45) is 0 Å². The Hall–Kier alpha value is -2.22. The largest absolute Gasteiger partial charge is 0.496 e. The third-order valence-electron chi connectivity index (χ3n) is 2.64. The number of hydrogen-bond acceptors (Lipinski definition) is 6. The zero-order valence-electron chi connectivity index (χ0n) is 11.4. The van der Waals surface area contributed by atoms with Crippen molar-refractivity contribution in [3.05, 3.63) is 24.0 Å². The van der Waals surface area contributed by atoms with E-state index in [1.807, 2.05) is 0 Å². The molecule has 0 saturated carbocycles. The van der Waals surface area contributed by atoms with Gasteiger partial charge in [0.25, 0.3) is 12.3 Å². The summed E-state index contributed by atoms with van der Waals surface area (Å²) in [4.78, 5) is 4.17. The highest BCUT2D eigenvalue weighted by Gasteiger charge is 2.14. The fourth-order valence-corrected chi connectivity index (χ4v) is 1.69. The van der Waals surface area contributed by atoms with E-state index in [0.29, 0.717) is 22.8 Å². The van der Waals surface area contributed by atoms with Gasteiger partial charge in [0.2, 0.25) is 0 Å². The lowest BCUT2D eigenvalue weighted by molar-refractivity contribution is 0.0182. The van der Waals surface area contributed by atoms with Crippen molar-refractivity contribution in [3.63, 3.8) is 0 Å². The molecule has 0 saturated heterocycles. The van der Waals surface area contributed by atoms with Crippen LogP contribution in [0.4, 0.5) is 14.5 Å². The van der Waals surface area contributed by atoms with E-state index in [1.54, 1.807) is 18.2 Å². The van der Waals surface area contributed by atoms with Gasteiger partial charge in [0, 0.05) is 18.2 Å². The Labute approximate surface area is 119 Å². The van der Waals surface area contributed by atoms with Gasteiger partial charge in [-0.2, -0.15) is 4.98 Å². The van der Waals surface area contributed by atoms with Crippen molar-refractivity contribution in [2.45, 2.75) is 12.8 Å². The van der Waals surface area contributed by atoms with Crippen LogP contribution in [0.5, 0.6) is 5.75 Å². The minimum atomic E-state index is -2.48. The number of benzene rings is 1. The lowest BCUT2D eigenvalue weighted by Gasteiger charge is -2.05. The van der Waals surface area contributed by atoms with Crippen LogP contribution in [0.25, 0.3) is 11.5 Å². The first-order chi connectivity index (χ1) is 10.1. The topological polar surface area (TPSA) is 83.4 Å².